The molecule has 0 fully saturated rings. The van der Waals surface area contributed by atoms with E-state index in [1.54, 1.807) is 39.5 Å². The fourth-order valence-electron chi connectivity index (χ4n) is 3.80. The average molecular weight is 433 g/mol. The summed E-state index contributed by atoms with van der Waals surface area (Å²) < 4.78 is 1.78. The van der Waals surface area contributed by atoms with Gasteiger partial charge in [-0.3, -0.25) is 4.79 Å². The molecule has 150 valence electrons. The predicted octanol–water partition coefficient (Wildman–Crippen LogP) is 4.64. The SMILES string of the molecule is O=C(/C=C/c1cn(Cc2ccccc2)nn1)N1CCc2sccc2C1c1cccs1. The summed E-state index contributed by atoms with van der Waals surface area (Å²) >= 11 is 3.48. The standard InChI is InChI=1S/C23H20N4OS2/c28-22(9-8-18-16-26(25-24-18)15-17-5-2-1-3-6-17)27-12-10-20-19(11-14-30-20)23(27)21-7-4-13-29-21/h1-9,11,13-14,16,23H,10,12,15H2/b9-8+. The summed E-state index contributed by atoms with van der Waals surface area (Å²) in [6.07, 6.45) is 6.14. The Morgan fingerprint density at radius 3 is 2.83 bits per heavy atom. The molecule has 1 aromatic carbocycles. The molecule has 1 aliphatic rings. The Morgan fingerprint density at radius 1 is 1.10 bits per heavy atom. The van der Waals surface area contributed by atoms with Crippen LogP contribution in [0.2, 0.25) is 0 Å². The molecule has 0 saturated heterocycles. The first-order chi connectivity index (χ1) is 14.8. The van der Waals surface area contributed by atoms with E-state index in [0.717, 1.165) is 18.5 Å². The lowest BCUT2D eigenvalue weighted by molar-refractivity contribution is -0.127. The Labute approximate surface area is 182 Å². The molecule has 1 atom stereocenters. The number of thiophene rings is 2. The van der Waals surface area contributed by atoms with Crippen LogP contribution in [0.3, 0.4) is 0 Å². The zero-order valence-corrected chi connectivity index (χ0v) is 17.9. The van der Waals surface area contributed by atoms with Gasteiger partial charge in [0.25, 0.3) is 0 Å². The highest BCUT2D eigenvalue weighted by atomic mass is 32.1. The Morgan fingerprint density at radius 2 is 2.00 bits per heavy atom. The van der Waals surface area contributed by atoms with Gasteiger partial charge in [-0.05, 0) is 46.5 Å². The van der Waals surface area contributed by atoms with Crippen molar-refractivity contribution >= 4 is 34.7 Å². The first kappa shape index (κ1) is 19.0. The van der Waals surface area contributed by atoms with Gasteiger partial charge >= 0.3 is 0 Å². The van der Waals surface area contributed by atoms with Crippen LogP contribution in [0.25, 0.3) is 6.08 Å². The third-order valence-corrected chi connectivity index (χ3v) is 7.12. The lowest BCUT2D eigenvalue weighted by Crippen LogP contribution is -2.38. The summed E-state index contributed by atoms with van der Waals surface area (Å²) in [5, 5.41) is 12.6. The lowest BCUT2D eigenvalue weighted by atomic mass is 9.98. The molecule has 5 nitrogen and oxygen atoms in total. The predicted molar refractivity (Wildman–Crippen MR) is 120 cm³/mol. The van der Waals surface area contributed by atoms with Crippen molar-refractivity contribution in [3.05, 3.63) is 98.1 Å². The molecule has 0 bridgehead atoms. The number of aromatic nitrogens is 3. The molecule has 7 heteroatoms. The highest BCUT2D eigenvalue weighted by Gasteiger charge is 2.32. The topological polar surface area (TPSA) is 51.0 Å². The van der Waals surface area contributed by atoms with Crippen LogP contribution in [0, 0.1) is 0 Å². The third kappa shape index (κ3) is 3.86. The fraction of sp³-hybridized carbons (Fsp3) is 0.174. The number of rotatable bonds is 5. The molecule has 3 aromatic heterocycles. The highest BCUT2D eigenvalue weighted by Crippen LogP contribution is 2.39. The minimum atomic E-state index is -0.00841. The summed E-state index contributed by atoms with van der Waals surface area (Å²) in [6.45, 7) is 1.38. The second-order valence-electron chi connectivity index (χ2n) is 7.16. The maximum atomic E-state index is 13.1. The van der Waals surface area contributed by atoms with Crippen molar-refractivity contribution < 1.29 is 4.79 Å². The third-order valence-electron chi connectivity index (χ3n) is 5.20. The van der Waals surface area contributed by atoms with Gasteiger partial charge in [0.1, 0.15) is 5.69 Å². The monoisotopic (exact) mass is 432 g/mol. The Balaban J connectivity index is 1.33. The van der Waals surface area contributed by atoms with Crippen molar-refractivity contribution in [3.8, 4) is 0 Å². The van der Waals surface area contributed by atoms with E-state index < -0.39 is 0 Å². The van der Waals surface area contributed by atoms with E-state index in [1.165, 1.54) is 15.3 Å². The smallest absolute Gasteiger partial charge is 0.247 e. The van der Waals surface area contributed by atoms with Gasteiger partial charge in [0.05, 0.1) is 18.8 Å². The molecule has 0 N–H and O–H groups in total. The Kier molecular flexibility index (Phi) is 5.29. The van der Waals surface area contributed by atoms with Gasteiger partial charge in [-0.25, -0.2) is 4.68 Å². The van der Waals surface area contributed by atoms with Crippen LogP contribution in [0.15, 0.2) is 71.6 Å². The molecule has 4 heterocycles. The molecular formula is C23H20N4OS2. The van der Waals surface area contributed by atoms with Gasteiger partial charge in [-0.15, -0.1) is 27.8 Å². The highest BCUT2D eigenvalue weighted by molar-refractivity contribution is 7.10. The molecule has 0 spiro atoms. The Hall–Kier alpha value is -3.03. The van der Waals surface area contributed by atoms with Gasteiger partial charge in [0, 0.05) is 22.4 Å². The van der Waals surface area contributed by atoms with E-state index in [0.29, 0.717) is 12.2 Å². The van der Waals surface area contributed by atoms with Crippen LogP contribution < -0.4 is 0 Å². The zero-order valence-electron chi connectivity index (χ0n) is 16.2. The number of hydrogen-bond acceptors (Lipinski definition) is 5. The van der Waals surface area contributed by atoms with Gasteiger partial charge in [-0.2, -0.15) is 0 Å². The number of benzene rings is 1. The zero-order chi connectivity index (χ0) is 20.3. The van der Waals surface area contributed by atoms with Crippen LogP contribution in [-0.4, -0.2) is 32.3 Å². The summed E-state index contributed by atoms with van der Waals surface area (Å²) in [5.41, 5.74) is 3.09. The molecule has 1 amide bonds. The number of carbonyl (C=O) groups is 1. The minimum absolute atomic E-state index is 0.00265. The van der Waals surface area contributed by atoms with Crippen molar-refractivity contribution in [2.24, 2.45) is 0 Å². The maximum absolute atomic E-state index is 13.1. The second kappa shape index (κ2) is 8.38. The van der Waals surface area contributed by atoms with Crippen molar-refractivity contribution in [3.63, 3.8) is 0 Å². The molecule has 4 aromatic rings. The average Bonchev–Trinajstić information content (AvgIpc) is 3.53. The summed E-state index contributed by atoms with van der Waals surface area (Å²) in [7, 11) is 0. The number of carbonyl (C=O) groups excluding carboxylic acids is 1. The maximum Gasteiger partial charge on any atom is 0.247 e. The van der Waals surface area contributed by atoms with Gasteiger partial charge < -0.3 is 4.90 Å². The molecule has 5 rings (SSSR count). The largest absolute Gasteiger partial charge is 0.327 e. The quantitative estimate of drug-likeness (QED) is 0.432. The molecule has 0 saturated carbocycles. The van der Waals surface area contributed by atoms with Crippen LogP contribution in [0.1, 0.15) is 32.6 Å². The van der Waals surface area contributed by atoms with Crippen molar-refractivity contribution in [2.75, 3.05) is 6.54 Å². The summed E-state index contributed by atoms with van der Waals surface area (Å²) in [5.74, 6) is 0.00265. The van der Waals surface area contributed by atoms with E-state index in [4.69, 9.17) is 0 Å². The van der Waals surface area contributed by atoms with Crippen LogP contribution in [0.5, 0.6) is 0 Å². The first-order valence-corrected chi connectivity index (χ1v) is 11.6. The summed E-state index contributed by atoms with van der Waals surface area (Å²) in [4.78, 5) is 17.6. The van der Waals surface area contributed by atoms with E-state index in [1.807, 2.05) is 35.4 Å². The lowest BCUT2D eigenvalue weighted by Gasteiger charge is -2.34. The molecular weight excluding hydrogens is 412 g/mol. The molecule has 30 heavy (non-hydrogen) atoms. The van der Waals surface area contributed by atoms with Crippen molar-refractivity contribution in [2.45, 2.75) is 19.0 Å². The van der Waals surface area contributed by atoms with Crippen LogP contribution >= 0.6 is 22.7 Å². The van der Waals surface area contributed by atoms with Crippen molar-refractivity contribution in [1.82, 2.24) is 19.9 Å². The van der Waals surface area contributed by atoms with Crippen LogP contribution in [0.4, 0.5) is 0 Å². The molecule has 0 radical (unpaired) electrons. The second-order valence-corrected chi connectivity index (χ2v) is 9.14. The number of amides is 1. The van der Waals surface area contributed by atoms with Gasteiger partial charge in [0.15, 0.2) is 0 Å². The van der Waals surface area contributed by atoms with E-state index in [-0.39, 0.29) is 11.9 Å². The first-order valence-electron chi connectivity index (χ1n) is 9.80. The normalized spacial score (nSPS) is 16.1. The van der Waals surface area contributed by atoms with E-state index in [9.17, 15) is 4.79 Å². The van der Waals surface area contributed by atoms with E-state index >= 15 is 0 Å². The van der Waals surface area contributed by atoms with E-state index in [2.05, 4.69) is 45.3 Å². The van der Waals surface area contributed by atoms with Crippen molar-refractivity contribution in [1.29, 1.82) is 0 Å². The van der Waals surface area contributed by atoms with Gasteiger partial charge in [-0.1, -0.05) is 41.6 Å². The number of fused-ring (bicyclic) bond motifs is 1. The molecule has 1 aliphatic heterocycles. The summed E-state index contributed by atoms with van der Waals surface area (Å²) in [6, 6.07) is 16.4. The van der Waals surface area contributed by atoms with Gasteiger partial charge in [0.2, 0.25) is 5.91 Å². The molecule has 0 aliphatic carbocycles. The fourth-order valence-corrected chi connectivity index (χ4v) is 5.56. The Bertz CT molecular complexity index is 1160. The number of hydrogen-bond donors (Lipinski definition) is 0. The number of nitrogens with zero attached hydrogens (tertiary/aromatic N) is 4. The minimum Gasteiger partial charge on any atom is -0.327 e. The molecule has 1 unspecified atom stereocenters. The van der Waals surface area contributed by atoms with Crippen LogP contribution in [-0.2, 0) is 17.8 Å².